The first kappa shape index (κ1) is 9.02. The minimum Gasteiger partial charge on any atom is -0.505 e. The molecule has 1 aromatic rings. The molecule has 0 aliphatic heterocycles. The fraction of sp³-hybridized carbons (Fsp3) is 0. The fourth-order valence-corrected chi connectivity index (χ4v) is 2.42. The minimum atomic E-state index is -1.13. The summed E-state index contributed by atoms with van der Waals surface area (Å²) >= 11 is 7.07. The number of carboxylic acids is 1. The number of carbonyl (C=O) groups is 1. The van der Waals surface area contributed by atoms with E-state index in [0.717, 1.165) is 11.3 Å². The van der Waals surface area contributed by atoms with Crippen LogP contribution in [0.25, 0.3) is 0 Å². The third kappa shape index (κ3) is 1.57. The Morgan fingerprint density at radius 2 is 2.00 bits per heavy atom. The molecule has 0 amide bonds. The Morgan fingerprint density at radius 3 is 2.18 bits per heavy atom. The van der Waals surface area contributed by atoms with Gasteiger partial charge in [-0.05, 0) is 31.9 Å². The standard InChI is InChI=1S/C5H2Br2O3S/c6-1-2(8)3(5(9)10)11-4(1)7/h8H,(H,9,10). The van der Waals surface area contributed by atoms with Crippen LogP contribution < -0.4 is 0 Å². The Balaban J connectivity index is 3.29. The van der Waals surface area contributed by atoms with Crippen molar-refractivity contribution in [1.29, 1.82) is 0 Å². The highest BCUT2D eigenvalue weighted by Gasteiger charge is 2.18. The summed E-state index contributed by atoms with van der Waals surface area (Å²) in [4.78, 5) is 10.3. The first-order chi connectivity index (χ1) is 5.04. The monoisotopic (exact) mass is 300 g/mol. The van der Waals surface area contributed by atoms with Gasteiger partial charge in [0.05, 0.1) is 8.26 Å². The Kier molecular flexibility index (Phi) is 2.56. The molecule has 0 aromatic carbocycles. The smallest absolute Gasteiger partial charge is 0.349 e. The van der Waals surface area contributed by atoms with Gasteiger partial charge in [-0.2, -0.15) is 0 Å². The van der Waals surface area contributed by atoms with Crippen LogP contribution in [-0.2, 0) is 0 Å². The van der Waals surface area contributed by atoms with Crippen molar-refractivity contribution in [2.45, 2.75) is 0 Å². The lowest BCUT2D eigenvalue weighted by Crippen LogP contribution is -1.90. The predicted molar refractivity (Wildman–Crippen MR) is 48.3 cm³/mol. The largest absolute Gasteiger partial charge is 0.505 e. The average molecular weight is 302 g/mol. The molecule has 0 saturated heterocycles. The Hall–Kier alpha value is -0.0700. The first-order valence-electron chi connectivity index (χ1n) is 2.44. The van der Waals surface area contributed by atoms with Crippen molar-refractivity contribution in [2.24, 2.45) is 0 Å². The third-order valence-electron chi connectivity index (χ3n) is 0.981. The van der Waals surface area contributed by atoms with Crippen LogP contribution in [0.2, 0.25) is 0 Å². The second-order valence-electron chi connectivity index (χ2n) is 1.67. The van der Waals surface area contributed by atoms with E-state index in [9.17, 15) is 4.79 Å². The van der Waals surface area contributed by atoms with Gasteiger partial charge in [0.25, 0.3) is 0 Å². The summed E-state index contributed by atoms with van der Waals surface area (Å²) in [5, 5.41) is 17.7. The molecule has 11 heavy (non-hydrogen) atoms. The maximum atomic E-state index is 10.4. The van der Waals surface area contributed by atoms with E-state index in [-0.39, 0.29) is 10.6 Å². The van der Waals surface area contributed by atoms with Gasteiger partial charge in [0.1, 0.15) is 0 Å². The van der Waals surface area contributed by atoms with Gasteiger partial charge in [-0.25, -0.2) is 4.79 Å². The van der Waals surface area contributed by atoms with E-state index in [1.54, 1.807) is 0 Å². The summed E-state index contributed by atoms with van der Waals surface area (Å²) in [7, 11) is 0. The lowest BCUT2D eigenvalue weighted by molar-refractivity contribution is 0.0699. The highest BCUT2D eigenvalue weighted by atomic mass is 79.9. The molecule has 0 aliphatic rings. The summed E-state index contributed by atoms with van der Waals surface area (Å²) < 4.78 is 0.965. The van der Waals surface area contributed by atoms with Crippen molar-refractivity contribution in [3.8, 4) is 5.75 Å². The summed E-state index contributed by atoms with van der Waals surface area (Å²) in [5.41, 5.74) is 0. The van der Waals surface area contributed by atoms with Crippen LogP contribution in [0.4, 0.5) is 0 Å². The van der Waals surface area contributed by atoms with Crippen LogP contribution in [0.1, 0.15) is 9.67 Å². The fourth-order valence-electron chi connectivity index (χ4n) is 0.520. The molecule has 0 unspecified atom stereocenters. The molecule has 0 atom stereocenters. The van der Waals surface area contributed by atoms with E-state index >= 15 is 0 Å². The normalized spacial score (nSPS) is 10.0. The van der Waals surface area contributed by atoms with Gasteiger partial charge in [-0.15, -0.1) is 11.3 Å². The van der Waals surface area contributed by atoms with E-state index < -0.39 is 5.97 Å². The molecule has 0 fully saturated rings. The number of hydrogen-bond acceptors (Lipinski definition) is 3. The van der Waals surface area contributed by atoms with Crippen molar-refractivity contribution in [2.75, 3.05) is 0 Å². The molecule has 0 radical (unpaired) electrons. The molecule has 6 heteroatoms. The molecule has 1 aromatic heterocycles. The maximum Gasteiger partial charge on any atom is 0.349 e. The van der Waals surface area contributed by atoms with Crippen molar-refractivity contribution in [3.63, 3.8) is 0 Å². The van der Waals surface area contributed by atoms with Gasteiger partial charge in [-0.3, -0.25) is 0 Å². The maximum absolute atomic E-state index is 10.4. The molecular formula is C5H2Br2O3S. The van der Waals surface area contributed by atoms with Crippen LogP contribution in [0, 0.1) is 0 Å². The topological polar surface area (TPSA) is 57.5 Å². The molecule has 0 spiro atoms. The number of thiophene rings is 1. The lowest BCUT2D eigenvalue weighted by atomic mass is 10.4. The van der Waals surface area contributed by atoms with Gasteiger partial charge in [0, 0.05) is 0 Å². The molecule has 0 aliphatic carbocycles. The predicted octanol–water partition coefficient (Wildman–Crippen LogP) is 2.68. The Morgan fingerprint density at radius 1 is 1.45 bits per heavy atom. The quantitative estimate of drug-likeness (QED) is 0.838. The molecule has 2 N–H and O–H groups in total. The van der Waals surface area contributed by atoms with Crippen LogP contribution in [0.5, 0.6) is 5.75 Å². The lowest BCUT2D eigenvalue weighted by Gasteiger charge is -1.88. The zero-order valence-electron chi connectivity index (χ0n) is 4.97. The van der Waals surface area contributed by atoms with E-state index in [0.29, 0.717) is 8.26 Å². The summed E-state index contributed by atoms with van der Waals surface area (Å²) in [6.07, 6.45) is 0. The highest BCUT2D eigenvalue weighted by Crippen LogP contribution is 2.41. The molecule has 0 saturated carbocycles. The highest BCUT2D eigenvalue weighted by molar-refractivity contribution is 9.13. The summed E-state index contributed by atoms with van der Waals surface area (Å²) in [6.45, 7) is 0. The third-order valence-corrected chi connectivity index (χ3v) is 4.39. The minimum absolute atomic E-state index is 0.0660. The second kappa shape index (κ2) is 3.12. The zero-order valence-corrected chi connectivity index (χ0v) is 8.96. The first-order valence-corrected chi connectivity index (χ1v) is 4.84. The van der Waals surface area contributed by atoms with Crippen molar-refractivity contribution >= 4 is 49.2 Å². The van der Waals surface area contributed by atoms with Gasteiger partial charge >= 0.3 is 5.97 Å². The number of carboxylic acid groups (broad SMARTS) is 1. The average Bonchev–Trinajstić information content (AvgIpc) is 2.17. The summed E-state index contributed by atoms with van der Waals surface area (Å²) in [5.74, 6) is -1.35. The number of halogens is 2. The van der Waals surface area contributed by atoms with E-state index in [1.165, 1.54) is 0 Å². The van der Waals surface area contributed by atoms with Gasteiger partial charge < -0.3 is 10.2 Å². The van der Waals surface area contributed by atoms with Crippen molar-refractivity contribution < 1.29 is 15.0 Å². The zero-order chi connectivity index (χ0) is 8.59. The molecule has 1 rings (SSSR count). The molecule has 60 valence electrons. The summed E-state index contributed by atoms with van der Waals surface area (Å²) in [6, 6.07) is 0. The van der Waals surface area contributed by atoms with Crippen LogP contribution in [0.3, 0.4) is 0 Å². The number of aromatic carboxylic acids is 1. The van der Waals surface area contributed by atoms with Crippen LogP contribution >= 0.6 is 43.2 Å². The molecule has 0 bridgehead atoms. The molecular weight excluding hydrogens is 300 g/mol. The molecule has 1 heterocycles. The van der Waals surface area contributed by atoms with Crippen LogP contribution in [0.15, 0.2) is 8.26 Å². The van der Waals surface area contributed by atoms with E-state index in [4.69, 9.17) is 10.2 Å². The SMILES string of the molecule is O=C(O)c1sc(Br)c(Br)c1O. The van der Waals surface area contributed by atoms with Gasteiger partial charge in [0.2, 0.25) is 0 Å². The van der Waals surface area contributed by atoms with E-state index in [2.05, 4.69) is 31.9 Å². The van der Waals surface area contributed by atoms with Crippen LogP contribution in [-0.4, -0.2) is 16.2 Å². The van der Waals surface area contributed by atoms with Crippen molar-refractivity contribution in [1.82, 2.24) is 0 Å². The van der Waals surface area contributed by atoms with Gasteiger partial charge in [0.15, 0.2) is 10.6 Å². The van der Waals surface area contributed by atoms with E-state index in [1.807, 2.05) is 0 Å². The Labute approximate surface area is 82.9 Å². The Bertz CT molecular complexity index is 307. The number of rotatable bonds is 1. The number of aromatic hydroxyl groups is 1. The number of hydrogen-bond donors (Lipinski definition) is 2. The van der Waals surface area contributed by atoms with Crippen molar-refractivity contribution in [3.05, 3.63) is 13.1 Å². The van der Waals surface area contributed by atoms with Gasteiger partial charge in [-0.1, -0.05) is 0 Å². The molecule has 3 nitrogen and oxygen atoms in total. The second-order valence-corrected chi connectivity index (χ2v) is 4.80.